The van der Waals surface area contributed by atoms with Gasteiger partial charge in [-0.1, -0.05) is 23.2 Å². The van der Waals surface area contributed by atoms with Gasteiger partial charge in [0, 0.05) is 37.9 Å². The van der Waals surface area contributed by atoms with Gasteiger partial charge in [-0.05, 0) is 38.0 Å². The second-order valence-corrected chi connectivity index (χ2v) is 7.34. The summed E-state index contributed by atoms with van der Waals surface area (Å²) in [6, 6.07) is 5.10. The molecule has 25 heavy (non-hydrogen) atoms. The fraction of sp³-hybridized carbons (Fsp3) is 0.529. The average Bonchev–Trinajstić information content (AvgIpc) is 3.41. The van der Waals surface area contributed by atoms with E-state index in [9.17, 15) is 9.59 Å². The van der Waals surface area contributed by atoms with Gasteiger partial charge in [0.1, 0.15) is 6.04 Å². The maximum atomic E-state index is 12.3. The maximum absolute atomic E-state index is 12.3. The molecule has 1 saturated heterocycles. The van der Waals surface area contributed by atoms with Gasteiger partial charge in [-0.25, -0.2) is 4.79 Å². The van der Waals surface area contributed by atoms with Crippen LogP contribution >= 0.6 is 23.2 Å². The van der Waals surface area contributed by atoms with E-state index in [1.54, 1.807) is 17.9 Å². The fourth-order valence-corrected chi connectivity index (χ4v) is 3.04. The standard InChI is InChI=1S/C17H22Cl2N4O2/c1-11(16(24)21-12-2-3-12)20-17(25)23-8-6-22(7-9-23)13-4-5-14(18)15(19)10-13/h4-5,10-12H,2-3,6-9H2,1H3,(H,20,25)(H,21,24). The molecule has 6 nitrogen and oxygen atoms in total. The zero-order chi connectivity index (χ0) is 18.0. The number of hydrogen-bond acceptors (Lipinski definition) is 3. The third kappa shape index (κ3) is 4.70. The number of urea groups is 1. The van der Waals surface area contributed by atoms with Crippen LogP contribution in [0.25, 0.3) is 0 Å². The number of nitrogens with one attached hydrogen (secondary N) is 2. The Morgan fingerprint density at radius 2 is 1.80 bits per heavy atom. The van der Waals surface area contributed by atoms with Crippen molar-refractivity contribution in [2.45, 2.75) is 31.8 Å². The minimum Gasteiger partial charge on any atom is -0.368 e. The molecule has 0 bridgehead atoms. The first-order chi connectivity index (χ1) is 11.9. The quantitative estimate of drug-likeness (QED) is 0.837. The number of halogens is 2. The van der Waals surface area contributed by atoms with Crippen molar-refractivity contribution >= 4 is 40.8 Å². The Labute approximate surface area is 157 Å². The third-order valence-electron chi connectivity index (χ3n) is 4.49. The Morgan fingerprint density at radius 1 is 1.12 bits per heavy atom. The summed E-state index contributed by atoms with van der Waals surface area (Å²) in [5.41, 5.74) is 0.992. The molecule has 1 aromatic rings. The van der Waals surface area contributed by atoms with Crippen LogP contribution in [0, 0.1) is 0 Å². The van der Waals surface area contributed by atoms with Crippen molar-refractivity contribution in [3.63, 3.8) is 0 Å². The number of benzene rings is 1. The van der Waals surface area contributed by atoms with E-state index in [0.29, 0.717) is 42.3 Å². The normalized spacial score (nSPS) is 18.7. The van der Waals surface area contributed by atoms with Gasteiger partial charge in [0.15, 0.2) is 0 Å². The minimum absolute atomic E-state index is 0.120. The fourth-order valence-electron chi connectivity index (χ4n) is 2.75. The molecule has 0 spiro atoms. The van der Waals surface area contributed by atoms with Gasteiger partial charge in [-0.15, -0.1) is 0 Å². The largest absolute Gasteiger partial charge is 0.368 e. The molecule has 8 heteroatoms. The Morgan fingerprint density at radius 3 is 2.40 bits per heavy atom. The summed E-state index contributed by atoms with van der Waals surface area (Å²) < 4.78 is 0. The summed E-state index contributed by atoms with van der Waals surface area (Å²) in [5, 5.41) is 6.72. The van der Waals surface area contributed by atoms with Crippen molar-refractivity contribution in [1.29, 1.82) is 0 Å². The summed E-state index contributed by atoms with van der Waals surface area (Å²) in [5.74, 6) is -0.120. The molecule has 1 unspecified atom stereocenters. The molecule has 2 aliphatic rings. The second kappa shape index (κ2) is 7.70. The highest BCUT2D eigenvalue weighted by molar-refractivity contribution is 6.42. The molecular formula is C17H22Cl2N4O2. The molecule has 1 atom stereocenters. The van der Waals surface area contributed by atoms with Crippen LogP contribution in [0.1, 0.15) is 19.8 Å². The smallest absolute Gasteiger partial charge is 0.318 e. The first kappa shape index (κ1) is 18.1. The molecule has 1 aliphatic carbocycles. The molecule has 0 radical (unpaired) electrons. The summed E-state index contributed by atoms with van der Waals surface area (Å²) in [6.45, 7) is 4.29. The molecule has 1 heterocycles. The lowest BCUT2D eigenvalue weighted by atomic mass is 10.2. The molecule has 3 amide bonds. The lowest BCUT2D eigenvalue weighted by molar-refractivity contribution is -0.122. The van der Waals surface area contributed by atoms with E-state index < -0.39 is 6.04 Å². The van der Waals surface area contributed by atoms with Crippen molar-refractivity contribution < 1.29 is 9.59 Å². The van der Waals surface area contributed by atoms with Crippen molar-refractivity contribution in [2.24, 2.45) is 0 Å². The van der Waals surface area contributed by atoms with Crippen LogP contribution in [0.4, 0.5) is 10.5 Å². The predicted octanol–water partition coefficient (Wildman–Crippen LogP) is 2.49. The van der Waals surface area contributed by atoms with E-state index in [1.807, 2.05) is 12.1 Å². The Bertz CT molecular complexity index is 658. The highest BCUT2D eigenvalue weighted by Gasteiger charge is 2.28. The first-order valence-electron chi connectivity index (χ1n) is 8.50. The topological polar surface area (TPSA) is 64.7 Å². The van der Waals surface area contributed by atoms with Gasteiger partial charge in [-0.2, -0.15) is 0 Å². The zero-order valence-corrected chi connectivity index (χ0v) is 15.6. The molecule has 1 aliphatic heterocycles. The van der Waals surface area contributed by atoms with Crippen molar-refractivity contribution in [2.75, 3.05) is 31.1 Å². The van der Waals surface area contributed by atoms with E-state index in [2.05, 4.69) is 15.5 Å². The zero-order valence-electron chi connectivity index (χ0n) is 14.1. The Hall–Kier alpha value is -1.66. The van der Waals surface area contributed by atoms with Gasteiger partial charge < -0.3 is 20.4 Å². The number of amides is 3. The number of nitrogens with zero attached hydrogens (tertiary/aromatic N) is 2. The van der Waals surface area contributed by atoms with Gasteiger partial charge in [-0.3, -0.25) is 4.79 Å². The molecule has 0 aromatic heterocycles. The highest BCUT2D eigenvalue weighted by atomic mass is 35.5. The van der Waals surface area contributed by atoms with Crippen LogP contribution in [0.5, 0.6) is 0 Å². The van der Waals surface area contributed by atoms with E-state index in [0.717, 1.165) is 18.5 Å². The van der Waals surface area contributed by atoms with E-state index in [1.165, 1.54) is 0 Å². The monoisotopic (exact) mass is 384 g/mol. The van der Waals surface area contributed by atoms with Crippen molar-refractivity contribution in [1.82, 2.24) is 15.5 Å². The first-order valence-corrected chi connectivity index (χ1v) is 9.25. The number of rotatable bonds is 4. The number of hydrogen-bond donors (Lipinski definition) is 2. The molecule has 2 N–H and O–H groups in total. The van der Waals surface area contributed by atoms with Gasteiger partial charge in [0.2, 0.25) is 5.91 Å². The van der Waals surface area contributed by atoms with E-state index in [-0.39, 0.29) is 11.9 Å². The molecule has 2 fully saturated rings. The van der Waals surface area contributed by atoms with Crippen molar-refractivity contribution in [3.8, 4) is 0 Å². The maximum Gasteiger partial charge on any atom is 0.318 e. The number of carbonyl (C=O) groups is 2. The highest BCUT2D eigenvalue weighted by Crippen LogP contribution is 2.27. The van der Waals surface area contributed by atoms with Crippen LogP contribution in [0.2, 0.25) is 10.0 Å². The summed E-state index contributed by atoms with van der Waals surface area (Å²) in [7, 11) is 0. The third-order valence-corrected chi connectivity index (χ3v) is 5.23. The van der Waals surface area contributed by atoms with Crippen LogP contribution < -0.4 is 15.5 Å². The van der Waals surface area contributed by atoms with Crippen molar-refractivity contribution in [3.05, 3.63) is 28.2 Å². The minimum atomic E-state index is -0.527. The van der Waals surface area contributed by atoms with Gasteiger partial charge in [0.05, 0.1) is 10.0 Å². The summed E-state index contributed by atoms with van der Waals surface area (Å²) in [6.07, 6.45) is 2.06. The number of piperazine rings is 1. The summed E-state index contributed by atoms with van der Waals surface area (Å²) in [4.78, 5) is 28.2. The van der Waals surface area contributed by atoms with Crippen LogP contribution in [0.3, 0.4) is 0 Å². The number of carbonyl (C=O) groups excluding carboxylic acids is 2. The van der Waals surface area contributed by atoms with Crippen LogP contribution in [-0.2, 0) is 4.79 Å². The molecule has 136 valence electrons. The predicted molar refractivity (Wildman–Crippen MR) is 99.4 cm³/mol. The molecular weight excluding hydrogens is 363 g/mol. The van der Waals surface area contributed by atoms with E-state index >= 15 is 0 Å². The Balaban J connectivity index is 1.48. The van der Waals surface area contributed by atoms with Gasteiger partial charge in [0.25, 0.3) is 0 Å². The molecule has 1 saturated carbocycles. The van der Waals surface area contributed by atoms with Gasteiger partial charge >= 0.3 is 6.03 Å². The average molecular weight is 385 g/mol. The van der Waals surface area contributed by atoms with Crippen LogP contribution in [-0.4, -0.2) is 55.1 Å². The lowest BCUT2D eigenvalue weighted by Crippen LogP contribution is -2.55. The lowest BCUT2D eigenvalue weighted by Gasteiger charge is -2.36. The molecule has 1 aromatic carbocycles. The van der Waals surface area contributed by atoms with E-state index in [4.69, 9.17) is 23.2 Å². The summed E-state index contributed by atoms with van der Waals surface area (Å²) >= 11 is 12.0. The second-order valence-electron chi connectivity index (χ2n) is 6.53. The van der Waals surface area contributed by atoms with Crippen LogP contribution in [0.15, 0.2) is 18.2 Å². The molecule has 3 rings (SSSR count). The SMILES string of the molecule is CC(NC(=O)N1CCN(c2ccc(Cl)c(Cl)c2)CC1)C(=O)NC1CC1. The Kier molecular flexibility index (Phi) is 5.59. The number of anilines is 1.